The Morgan fingerprint density at radius 1 is 1.08 bits per heavy atom. The Labute approximate surface area is 208 Å². The highest BCUT2D eigenvalue weighted by atomic mass is 19.1. The molecule has 0 spiro atoms. The number of halogens is 1. The summed E-state index contributed by atoms with van der Waals surface area (Å²) in [6.07, 6.45) is 8.09. The zero-order valence-electron chi connectivity index (χ0n) is 20.1. The maximum atomic E-state index is 14.5. The van der Waals surface area contributed by atoms with Crippen LogP contribution < -0.4 is 10.6 Å². The Morgan fingerprint density at radius 2 is 1.97 bits per heavy atom. The van der Waals surface area contributed by atoms with E-state index in [1.807, 2.05) is 30.6 Å². The highest BCUT2D eigenvalue weighted by molar-refractivity contribution is 6.16. The molecule has 3 N–H and O–H groups in total. The third-order valence-corrected chi connectivity index (χ3v) is 7.50. The normalized spacial score (nSPS) is 22.2. The van der Waals surface area contributed by atoms with Crippen molar-refractivity contribution in [1.29, 1.82) is 0 Å². The van der Waals surface area contributed by atoms with Gasteiger partial charge in [0.2, 0.25) is 0 Å². The summed E-state index contributed by atoms with van der Waals surface area (Å²) in [4.78, 5) is 20.2. The predicted molar refractivity (Wildman–Crippen MR) is 140 cm³/mol. The molecule has 1 aromatic carbocycles. The third-order valence-electron chi connectivity index (χ3n) is 7.50. The van der Waals surface area contributed by atoms with Gasteiger partial charge in [0.15, 0.2) is 0 Å². The maximum Gasteiger partial charge on any atom is 0.138 e. The number of amidine groups is 1. The fourth-order valence-electron chi connectivity index (χ4n) is 5.58. The summed E-state index contributed by atoms with van der Waals surface area (Å²) >= 11 is 0. The average molecular weight is 482 g/mol. The molecule has 0 radical (unpaired) electrons. The molecule has 2 aliphatic heterocycles. The van der Waals surface area contributed by atoms with Crippen LogP contribution in [-0.4, -0.2) is 51.4 Å². The number of rotatable bonds is 4. The van der Waals surface area contributed by atoms with Gasteiger partial charge >= 0.3 is 0 Å². The van der Waals surface area contributed by atoms with E-state index >= 15 is 0 Å². The molecule has 7 rings (SSSR count). The summed E-state index contributed by atoms with van der Waals surface area (Å²) < 4.78 is 14.5. The Morgan fingerprint density at radius 3 is 2.81 bits per heavy atom. The topological polar surface area (TPSA) is 81.2 Å². The number of hydrogen-bond acceptors (Lipinski definition) is 6. The van der Waals surface area contributed by atoms with Crippen molar-refractivity contribution in [3.05, 3.63) is 77.5 Å². The van der Waals surface area contributed by atoms with Crippen LogP contribution in [0.5, 0.6) is 0 Å². The first-order valence-electron chi connectivity index (χ1n) is 12.7. The van der Waals surface area contributed by atoms with E-state index < -0.39 is 0 Å². The van der Waals surface area contributed by atoms with Gasteiger partial charge in [-0.25, -0.2) is 14.4 Å². The number of benzene rings is 1. The highest BCUT2D eigenvalue weighted by Crippen LogP contribution is 2.47. The van der Waals surface area contributed by atoms with Crippen LogP contribution >= 0.6 is 0 Å². The number of hydrogen-bond donors (Lipinski definition) is 3. The lowest BCUT2D eigenvalue weighted by molar-refractivity contribution is 0.152. The number of aromatic amines is 1. The first-order chi connectivity index (χ1) is 17.7. The molecule has 3 aromatic heterocycles. The van der Waals surface area contributed by atoms with E-state index in [0.717, 1.165) is 42.1 Å². The van der Waals surface area contributed by atoms with E-state index in [1.165, 1.54) is 30.0 Å². The Kier molecular flexibility index (Phi) is 5.11. The van der Waals surface area contributed by atoms with Crippen LogP contribution in [0.25, 0.3) is 22.3 Å². The van der Waals surface area contributed by atoms with E-state index in [9.17, 15) is 4.39 Å². The fraction of sp³-hybridized carbons (Fsp3) is 0.321. The van der Waals surface area contributed by atoms with Gasteiger partial charge in [-0.2, -0.15) is 0 Å². The summed E-state index contributed by atoms with van der Waals surface area (Å²) in [6, 6.07) is 11.1. The second kappa shape index (κ2) is 8.50. The minimum Gasteiger partial charge on any atom is -0.339 e. The molecule has 4 aromatic rings. The van der Waals surface area contributed by atoms with Gasteiger partial charge in [-0.3, -0.25) is 9.88 Å². The van der Waals surface area contributed by atoms with Crippen molar-refractivity contribution in [2.75, 3.05) is 25.0 Å². The van der Waals surface area contributed by atoms with Crippen molar-refractivity contribution in [1.82, 2.24) is 25.2 Å². The quantitative estimate of drug-likeness (QED) is 0.390. The van der Waals surface area contributed by atoms with Crippen molar-refractivity contribution in [3.8, 4) is 11.3 Å². The second-order valence-electron chi connectivity index (χ2n) is 10.1. The molecule has 0 amide bonds. The molecular formula is C28H28FN7. The number of pyridine rings is 2. The maximum absolute atomic E-state index is 14.5. The Balaban J connectivity index is 1.36. The predicted octanol–water partition coefficient (Wildman–Crippen LogP) is 4.81. The lowest BCUT2D eigenvalue weighted by Gasteiger charge is -2.39. The van der Waals surface area contributed by atoms with Crippen LogP contribution in [0.15, 0.2) is 60.0 Å². The van der Waals surface area contributed by atoms with Gasteiger partial charge in [0, 0.05) is 60.1 Å². The Hall–Kier alpha value is -3.62. The highest BCUT2D eigenvalue weighted by Gasteiger charge is 2.36. The van der Waals surface area contributed by atoms with Gasteiger partial charge in [-0.05, 0) is 55.5 Å². The molecule has 36 heavy (non-hydrogen) atoms. The third kappa shape index (κ3) is 3.68. The van der Waals surface area contributed by atoms with Crippen LogP contribution in [0.4, 0.5) is 10.1 Å². The molecule has 3 aliphatic rings. The number of anilines is 1. The van der Waals surface area contributed by atoms with Crippen molar-refractivity contribution < 1.29 is 4.39 Å². The van der Waals surface area contributed by atoms with Crippen molar-refractivity contribution in [3.63, 3.8) is 0 Å². The van der Waals surface area contributed by atoms with Crippen LogP contribution in [0.1, 0.15) is 48.5 Å². The van der Waals surface area contributed by atoms with Gasteiger partial charge < -0.3 is 15.6 Å². The molecule has 1 aliphatic carbocycles. The van der Waals surface area contributed by atoms with E-state index in [2.05, 4.69) is 37.4 Å². The summed E-state index contributed by atoms with van der Waals surface area (Å²) in [7, 11) is 0. The molecule has 5 heterocycles. The number of fused-ring (bicyclic) bond motifs is 2. The van der Waals surface area contributed by atoms with Gasteiger partial charge in [0.05, 0.1) is 17.6 Å². The van der Waals surface area contributed by atoms with E-state index in [-0.39, 0.29) is 12.0 Å². The smallest absolute Gasteiger partial charge is 0.138 e. The first-order valence-corrected chi connectivity index (χ1v) is 12.7. The average Bonchev–Trinajstić information content (AvgIpc) is 3.65. The van der Waals surface area contributed by atoms with E-state index in [4.69, 9.17) is 4.99 Å². The van der Waals surface area contributed by atoms with Crippen LogP contribution in [0.2, 0.25) is 0 Å². The summed E-state index contributed by atoms with van der Waals surface area (Å²) in [5.41, 5.74) is 6.48. The summed E-state index contributed by atoms with van der Waals surface area (Å²) in [5, 5.41) is 8.06. The SMILES string of the molecule is C[C@H]1CN(C2N=C(c3ccnc4[nH]c(-c5ccccc5F)cc34)Nc3cncc(C4CC4)c32)CCN1. The molecular weight excluding hydrogens is 453 g/mol. The lowest BCUT2D eigenvalue weighted by atomic mass is 9.98. The molecule has 8 heteroatoms. The van der Waals surface area contributed by atoms with Gasteiger partial charge in [-0.15, -0.1) is 0 Å². The first kappa shape index (κ1) is 21.6. The number of nitrogens with one attached hydrogen (secondary N) is 3. The molecule has 1 unspecified atom stereocenters. The van der Waals surface area contributed by atoms with Gasteiger partial charge in [0.1, 0.15) is 23.5 Å². The number of piperazine rings is 1. The number of H-pyrrole nitrogens is 1. The number of nitrogens with zero attached hydrogens (tertiary/aromatic N) is 4. The van der Waals surface area contributed by atoms with Crippen molar-refractivity contribution in [2.45, 2.75) is 37.9 Å². The molecule has 1 saturated heterocycles. The van der Waals surface area contributed by atoms with E-state index in [1.54, 1.807) is 18.3 Å². The van der Waals surface area contributed by atoms with Gasteiger partial charge in [0.25, 0.3) is 0 Å². The molecule has 182 valence electrons. The number of aliphatic imine (C=N–C) groups is 1. The Bertz CT molecular complexity index is 1490. The molecule has 7 nitrogen and oxygen atoms in total. The lowest BCUT2D eigenvalue weighted by Crippen LogP contribution is -2.50. The van der Waals surface area contributed by atoms with Crippen molar-refractivity contribution in [2.24, 2.45) is 4.99 Å². The minimum atomic E-state index is -0.265. The van der Waals surface area contributed by atoms with E-state index in [0.29, 0.717) is 28.9 Å². The minimum absolute atomic E-state index is 0.0763. The molecule has 0 bridgehead atoms. The summed E-state index contributed by atoms with van der Waals surface area (Å²) in [6.45, 7) is 5.04. The second-order valence-corrected chi connectivity index (χ2v) is 10.1. The number of aromatic nitrogens is 3. The van der Waals surface area contributed by atoms with Crippen molar-refractivity contribution >= 4 is 22.6 Å². The monoisotopic (exact) mass is 481 g/mol. The fourth-order valence-corrected chi connectivity index (χ4v) is 5.58. The van der Waals surface area contributed by atoms with Crippen LogP contribution in [0, 0.1) is 5.82 Å². The molecule has 2 atom stereocenters. The molecule has 2 fully saturated rings. The zero-order valence-corrected chi connectivity index (χ0v) is 20.1. The summed E-state index contributed by atoms with van der Waals surface area (Å²) in [5.74, 6) is 1.11. The van der Waals surface area contributed by atoms with Crippen LogP contribution in [0.3, 0.4) is 0 Å². The largest absolute Gasteiger partial charge is 0.339 e. The van der Waals surface area contributed by atoms with Crippen LogP contribution in [-0.2, 0) is 0 Å². The standard InChI is InChI=1S/C28H28FN7/c1-16-15-36(11-10-31-16)28-25-21(17-6-7-17)13-30-14-24(25)34-27(35-28)18-8-9-32-26-20(18)12-23(33-26)19-4-2-3-5-22(19)29/h2-5,8-9,12-14,16-17,28,31H,6-7,10-11,15H2,1H3,(H,32,33)(H,34,35)/t16-,28?/m0/s1. The van der Waals surface area contributed by atoms with Gasteiger partial charge in [-0.1, -0.05) is 12.1 Å². The zero-order chi connectivity index (χ0) is 24.2. The molecule has 1 saturated carbocycles.